The molecule has 2 rings (SSSR count). The van der Waals surface area contributed by atoms with E-state index in [1.54, 1.807) is 12.0 Å². The van der Waals surface area contributed by atoms with Crippen molar-refractivity contribution in [1.82, 2.24) is 4.90 Å². The van der Waals surface area contributed by atoms with E-state index in [4.69, 9.17) is 10.5 Å². The zero-order chi connectivity index (χ0) is 14.6. The molecule has 0 radical (unpaired) electrons. The summed E-state index contributed by atoms with van der Waals surface area (Å²) in [6, 6.07) is 1.81. The van der Waals surface area contributed by atoms with Crippen LogP contribution in [0.3, 0.4) is 0 Å². The SMILES string of the molecule is COCCC1(C(N)=O)CCCN(C(=O)c2ccsc2)C1. The van der Waals surface area contributed by atoms with Gasteiger partial charge >= 0.3 is 0 Å². The lowest BCUT2D eigenvalue weighted by Gasteiger charge is -2.40. The average Bonchev–Trinajstić information content (AvgIpc) is 2.98. The molecule has 0 bridgehead atoms. The number of rotatable bonds is 5. The molecule has 110 valence electrons. The van der Waals surface area contributed by atoms with Crippen LogP contribution >= 0.6 is 11.3 Å². The maximum Gasteiger partial charge on any atom is 0.254 e. The van der Waals surface area contributed by atoms with Crippen molar-refractivity contribution < 1.29 is 14.3 Å². The summed E-state index contributed by atoms with van der Waals surface area (Å²) in [4.78, 5) is 26.0. The summed E-state index contributed by atoms with van der Waals surface area (Å²) >= 11 is 1.49. The molecular weight excluding hydrogens is 276 g/mol. The van der Waals surface area contributed by atoms with E-state index in [1.165, 1.54) is 11.3 Å². The van der Waals surface area contributed by atoms with Gasteiger partial charge in [0.05, 0.1) is 11.0 Å². The van der Waals surface area contributed by atoms with Crippen molar-refractivity contribution in [2.45, 2.75) is 19.3 Å². The van der Waals surface area contributed by atoms with Crippen LogP contribution < -0.4 is 5.73 Å². The predicted molar refractivity (Wildman–Crippen MR) is 77.6 cm³/mol. The lowest BCUT2D eigenvalue weighted by Crippen LogP contribution is -2.52. The van der Waals surface area contributed by atoms with Crippen LogP contribution in [0.4, 0.5) is 0 Å². The van der Waals surface area contributed by atoms with Crippen molar-refractivity contribution in [3.8, 4) is 0 Å². The smallest absolute Gasteiger partial charge is 0.254 e. The molecule has 2 amide bonds. The van der Waals surface area contributed by atoms with Gasteiger partial charge < -0.3 is 15.4 Å². The van der Waals surface area contributed by atoms with Crippen LogP contribution in [-0.4, -0.2) is 43.5 Å². The van der Waals surface area contributed by atoms with Gasteiger partial charge in [-0.15, -0.1) is 0 Å². The van der Waals surface area contributed by atoms with Crippen molar-refractivity contribution in [2.24, 2.45) is 11.1 Å². The minimum Gasteiger partial charge on any atom is -0.385 e. The number of nitrogens with two attached hydrogens (primary N) is 1. The number of amides is 2. The third-order valence-electron chi connectivity index (χ3n) is 3.94. The molecule has 0 spiro atoms. The summed E-state index contributed by atoms with van der Waals surface area (Å²) in [6.45, 7) is 1.54. The largest absolute Gasteiger partial charge is 0.385 e. The van der Waals surface area contributed by atoms with Crippen LogP contribution in [0.2, 0.25) is 0 Å². The van der Waals surface area contributed by atoms with Gasteiger partial charge in [0, 0.05) is 32.2 Å². The molecule has 1 fully saturated rings. The highest BCUT2D eigenvalue weighted by molar-refractivity contribution is 7.08. The number of hydrogen-bond acceptors (Lipinski definition) is 4. The highest BCUT2D eigenvalue weighted by Crippen LogP contribution is 2.34. The Hall–Kier alpha value is -1.40. The molecule has 5 nitrogen and oxygen atoms in total. The molecule has 1 aliphatic heterocycles. The second-order valence-electron chi connectivity index (χ2n) is 5.23. The quantitative estimate of drug-likeness (QED) is 0.894. The summed E-state index contributed by atoms with van der Waals surface area (Å²) in [5.41, 5.74) is 5.62. The fraction of sp³-hybridized carbons (Fsp3) is 0.571. The van der Waals surface area contributed by atoms with E-state index in [2.05, 4.69) is 0 Å². The minimum atomic E-state index is -0.653. The molecule has 1 saturated heterocycles. The van der Waals surface area contributed by atoms with Crippen molar-refractivity contribution in [2.75, 3.05) is 26.8 Å². The molecule has 1 atom stereocenters. The fourth-order valence-corrected chi connectivity index (χ4v) is 3.33. The lowest BCUT2D eigenvalue weighted by molar-refractivity contribution is -0.131. The molecule has 2 heterocycles. The van der Waals surface area contributed by atoms with Gasteiger partial charge in [-0.2, -0.15) is 11.3 Å². The number of likely N-dealkylation sites (tertiary alicyclic amines) is 1. The van der Waals surface area contributed by atoms with Gasteiger partial charge in [0.25, 0.3) is 5.91 Å². The highest BCUT2D eigenvalue weighted by Gasteiger charge is 2.41. The van der Waals surface area contributed by atoms with Crippen LogP contribution in [-0.2, 0) is 9.53 Å². The summed E-state index contributed by atoms with van der Waals surface area (Å²) < 4.78 is 5.08. The topological polar surface area (TPSA) is 72.6 Å². The maximum atomic E-state index is 12.4. The van der Waals surface area contributed by atoms with E-state index in [0.29, 0.717) is 31.7 Å². The van der Waals surface area contributed by atoms with Gasteiger partial charge in [-0.3, -0.25) is 9.59 Å². The van der Waals surface area contributed by atoms with Gasteiger partial charge in [0.1, 0.15) is 0 Å². The molecule has 1 aromatic heterocycles. The summed E-state index contributed by atoms with van der Waals surface area (Å²) in [5, 5.41) is 3.71. The Morgan fingerprint density at radius 3 is 2.95 bits per heavy atom. The van der Waals surface area contributed by atoms with Crippen molar-refractivity contribution >= 4 is 23.2 Å². The van der Waals surface area contributed by atoms with E-state index in [0.717, 1.165) is 12.8 Å². The summed E-state index contributed by atoms with van der Waals surface area (Å²) in [5.74, 6) is -0.355. The first kappa shape index (κ1) is 15.0. The summed E-state index contributed by atoms with van der Waals surface area (Å²) in [7, 11) is 1.60. The van der Waals surface area contributed by atoms with Gasteiger partial charge in [0.15, 0.2) is 0 Å². The van der Waals surface area contributed by atoms with E-state index in [1.807, 2.05) is 16.8 Å². The number of methoxy groups -OCH3 is 1. The van der Waals surface area contributed by atoms with Crippen LogP contribution in [0.5, 0.6) is 0 Å². The average molecular weight is 296 g/mol. The first-order valence-corrected chi connectivity index (χ1v) is 7.64. The Labute approximate surface area is 122 Å². The minimum absolute atomic E-state index is 0.0195. The molecule has 2 N–H and O–H groups in total. The Morgan fingerprint density at radius 2 is 2.35 bits per heavy atom. The zero-order valence-electron chi connectivity index (χ0n) is 11.6. The molecular formula is C14H20N2O3S. The van der Waals surface area contributed by atoms with Gasteiger partial charge in [0.2, 0.25) is 5.91 Å². The molecule has 6 heteroatoms. The number of nitrogens with zero attached hydrogens (tertiary/aromatic N) is 1. The monoisotopic (exact) mass is 296 g/mol. The Kier molecular flexibility index (Phi) is 4.77. The molecule has 0 aromatic carbocycles. The maximum absolute atomic E-state index is 12.4. The second kappa shape index (κ2) is 6.37. The third kappa shape index (κ3) is 3.02. The normalized spacial score (nSPS) is 22.8. The highest BCUT2D eigenvalue weighted by atomic mass is 32.1. The Balaban J connectivity index is 2.13. The third-order valence-corrected chi connectivity index (χ3v) is 4.62. The molecule has 1 aromatic rings. The van der Waals surface area contributed by atoms with E-state index >= 15 is 0 Å². The number of thiophene rings is 1. The Bertz CT molecular complexity index is 475. The molecule has 1 aliphatic rings. The number of carbonyl (C=O) groups is 2. The van der Waals surface area contributed by atoms with Crippen molar-refractivity contribution in [3.05, 3.63) is 22.4 Å². The summed E-state index contributed by atoms with van der Waals surface area (Å²) in [6.07, 6.45) is 2.08. The molecule has 1 unspecified atom stereocenters. The first-order valence-electron chi connectivity index (χ1n) is 6.69. The van der Waals surface area contributed by atoms with Crippen LogP contribution in [0, 0.1) is 5.41 Å². The number of ether oxygens (including phenoxy) is 1. The predicted octanol–water partition coefficient (Wildman–Crippen LogP) is 1.49. The fourth-order valence-electron chi connectivity index (χ4n) is 2.70. The standard InChI is InChI=1S/C14H20N2O3S/c1-19-7-5-14(13(15)18)4-2-6-16(10-14)12(17)11-3-8-20-9-11/h3,8-9H,2,4-7,10H2,1H3,(H2,15,18). The van der Waals surface area contributed by atoms with E-state index in [-0.39, 0.29) is 11.8 Å². The van der Waals surface area contributed by atoms with Crippen molar-refractivity contribution in [1.29, 1.82) is 0 Å². The van der Waals surface area contributed by atoms with Crippen LogP contribution in [0.25, 0.3) is 0 Å². The molecule has 0 saturated carbocycles. The van der Waals surface area contributed by atoms with Gasteiger partial charge in [-0.1, -0.05) is 0 Å². The first-order chi connectivity index (χ1) is 9.59. The number of primary amides is 1. The van der Waals surface area contributed by atoms with Crippen LogP contribution in [0.15, 0.2) is 16.8 Å². The lowest BCUT2D eigenvalue weighted by atomic mass is 9.76. The molecule has 0 aliphatic carbocycles. The van der Waals surface area contributed by atoms with Gasteiger partial charge in [-0.25, -0.2) is 0 Å². The number of hydrogen-bond donors (Lipinski definition) is 1. The van der Waals surface area contributed by atoms with Gasteiger partial charge in [-0.05, 0) is 30.7 Å². The molecule has 20 heavy (non-hydrogen) atoms. The zero-order valence-corrected chi connectivity index (χ0v) is 12.4. The van der Waals surface area contributed by atoms with E-state index < -0.39 is 5.41 Å². The Morgan fingerprint density at radius 1 is 1.55 bits per heavy atom. The van der Waals surface area contributed by atoms with Crippen LogP contribution in [0.1, 0.15) is 29.6 Å². The van der Waals surface area contributed by atoms with Crippen molar-refractivity contribution in [3.63, 3.8) is 0 Å². The number of carbonyl (C=O) groups excluding carboxylic acids is 2. The second-order valence-corrected chi connectivity index (χ2v) is 6.01. The van der Waals surface area contributed by atoms with E-state index in [9.17, 15) is 9.59 Å². The number of piperidine rings is 1.